The highest BCUT2D eigenvalue weighted by Gasteiger charge is 2.34. The molecule has 9 nitrogen and oxygen atoms in total. The number of aromatic carboxylic acids is 1. The lowest BCUT2D eigenvalue weighted by atomic mass is 10.2. The van der Waals surface area contributed by atoms with Crippen LogP contribution in [0.1, 0.15) is 41.9 Å². The number of hydrogen-bond donors (Lipinski definition) is 2. The van der Waals surface area contributed by atoms with Crippen LogP contribution in [0, 0.1) is 0 Å². The fraction of sp³-hybridized carbons (Fsp3) is 0.545. The molecule has 9 heteroatoms. The van der Waals surface area contributed by atoms with E-state index in [0.29, 0.717) is 5.69 Å². The molecule has 1 aromatic rings. The highest BCUT2D eigenvalue weighted by Crippen LogP contribution is 2.41. The molecule has 0 atom stereocenters. The quantitative estimate of drug-likeness (QED) is 0.786. The predicted molar refractivity (Wildman–Crippen MR) is 64.1 cm³/mol. The first-order valence-electron chi connectivity index (χ1n) is 6.16. The van der Waals surface area contributed by atoms with Crippen LogP contribution in [0.25, 0.3) is 0 Å². The summed E-state index contributed by atoms with van der Waals surface area (Å²) in [6.07, 6.45) is 0.837. The van der Waals surface area contributed by atoms with E-state index < -0.39 is 18.0 Å². The van der Waals surface area contributed by atoms with Crippen LogP contribution in [0.3, 0.4) is 0 Å². The molecule has 0 spiro atoms. The molecule has 0 bridgehead atoms. The number of carbonyl (C=O) groups excluding carboxylic acids is 2. The van der Waals surface area contributed by atoms with Gasteiger partial charge in [0.25, 0.3) is 5.91 Å². The number of carboxylic acid groups (broad SMARTS) is 1. The van der Waals surface area contributed by atoms with Crippen LogP contribution in [0.4, 0.5) is 4.79 Å². The van der Waals surface area contributed by atoms with Gasteiger partial charge in [-0.15, -0.1) is 5.10 Å². The topological polar surface area (TPSA) is 123 Å². The fourth-order valence-corrected chi connectivity index (χ4v) is 1.81. The SMILES string of the molecule is CCOC(=O)NC(=O)Cn1nnc(C(=O)O)c1C1CC1. The molecule has 0 unspecified atom stereocenters. The lowest BCUT2D eigenvalue weighted by Crippen LogP contribution is -2.34. The van der Waals surface area contributed by atoms with Crippen molar-refractivity contribution in [3.05, 3.63) is 11.4 Å². The Morgan fingerprint density at radius 2 is 2.15 bits per heavy atom. The van der Waals surface area contributed by atoms with E-state index in [4.69, 9.17) is 5.11 Å². The summed E-state index contributed by atoms with van der Waals surface area (Å²) in [7, 11) is 0. The van der Waals surface area contributed by atoms with Gasteiger partial charge in [0.2, 0.25) is 0 Å². The number of alkyl carbamates (subject to hydrolysis) is 1. The molecule has 0 aromatic carbocycles. The van der Waals surface area contributed by atoms with Crippen LogP contribution in [-0.2, 0) is 16.1 Å². The maximum absolute atomic E-state index is 11.6. The summed E-state index contributed by atoms with van der Waals surface area (Å²) < 4.78 is 5.79. The van der Waals surface area contributed by atoms with Crippen LogP contribution in [-0.4, -0.2) is 44.7 Å². The second-order valence-corrected chi connectivity index (χ2v) is 4.33. The summed E-state index contributed by atoms with van der Waals surface area (Å²) in [5.74, 6) is -1.75. The van der Waals surface area contributed by atoms with E-state index in [2.05, 4.69) is 15.0 Å². The molecular weight excluding hydrogens is 268 g/mol. The van der Waals surface area contributed by atoms with E-state index in [0.717, 1.165) is 12.8 Å². The molecule has 0 aliphatic heterocycles. The minimum Gasteiger partial charge on any atom is -0.476 e. The third-order valence-electron chi connectivity index (χ3n) is 2.75. The first-order valence-corrected chi connectivity index (χ1v) is 6.16. The molecule has 108 valence electrons. The Balaban J connectivity index is 2.07. The van der Waals surface area contributed by atoms with Gasteiger partial charge < -0.3 is 9.84 Å². The van der Waals surface area contributed by atoms with Crippen molar-refractivity contribution in [1.82, 2.24) is 20.3 Å². The summed E-state index contributed by atoms with van der Waals surface area (Å²) in [5.41, 5.74) is 0.285. The molecule has 1 aliphatic carbocycles. The molecule has 20 heavy (non-hydrogen) atoms. The standard InChI is InChI=1S/C11H14N4O5/c1-2-20-11(19)12-7(16)5-15-9(6-3-4-6)8(10(17)18)13-14-15/h6H,2-5H2,1H3,(H,17,18)(H,12,16,19). The van der Waals surface area contributed by atoms with Crippen molar-refractivity contribution >= 4 is 18.0 Å². The number of nitrogens with one attached hydrogen (secondary N) is 1. The Hall–Kier alpha value is -2.45. The molecule has 1 heterocycles. The van der Waals surface area contributed by atoms with Gasteiger partial charge in [0, 0.05) is 5.92 Å². The molecule has 2 amide bonds. The molecule has 1 aliphatic rings. The van der Waals surface area contributed by atoms with Crippen molar-refractivity contribution in [2.24, 2.45) is 0 Å². The monoisotopic (exact) mass is 282 g/mol. The van der Waals surface area contributed by atoms with Crippen molar-refractivity contribution in [1.29, 1.82) is 0 Å². The number of ether oxygens (including phenoxy) is 1. The van der Waals surface area contributed by atoms with E-state index in [-0.39, 0.29) is 24.8 Å². The third kappa shape index (κ3) is 3.11. The zero-order chi connectivity index (χ0) is 14.7. The molecular formula is C11H14N4O5. The van der Waals surface area contributed by atoms with Gasteiger partial charge in [-0.3, -0.25) is 10.1 Å². The van der Waals surface area contributed by atoms with E-state index in [9.17, 15) is 14.4 Å². The van der Waals surface area contributed by atoms with Crippen molar-refractivity contribution < 1.29 is 24.2 Å². The Labute approximate surface area is 113 Å². The van der Waals surface area contributed by atoms with E-state index in [1.807, 2.05) is 5.32 Å². The Morgan fingerprint density at radius 1 is 1.45 bits per heavy atom. The zero-order valence-electron chi connectivity index (χ0n) is 10.8. The van der Waals surface area contributed by atoms with Gasteiger partial charge in [0.05, 0.1) is 12.3 Å². The van der Waals surface area contributed by atoms with Crippen LogP contribution in [0.5, 0.6) is 0 Å². The number of hydrogen-bond acceptors (Lipinski definition) is 6. The first kappa shape index (κ1) is 14.0. The van der Waals surface area contributed by atoms with Crippen LogP contribution in [0.15, 0.2) is 0 Å². The number of rotatable bonds is 5. The summed E-state index contributed by atoms with van der Waals surface area (Å²) in [5, 5.41) is 18.3. The van der Waals surface area contributed by atoms with Gasteiger partial charge in [-0.2, -0.15) is 0 Å². The number of aromatic nitrogens is 3. The highest BCUT2D eigenvalue weighted by atomic mass is 16.5. The van der Waals surface area contributed by atoms with Gasteiger partial charge in [0.15, 0.2) is 5.69 Å². The number of imide groups is 1. The summed E-state index contributed by atoms with van der Waals surface area (Å²) in [6, 6.07) is 0. The fourth-order valence-electron chi connectivity index (χ4n) is 1.81. The van der Waals surface area contributed by atoms with E-state index in [1.54, 1.807) is 6.92 Å². The number of nitrogens with zero attached hydrogens (tertiary/aromatic N) is 3. The lowest BCUT2D eigenvalue weighted by Gasteiger charge is -2.06. The minimum absolute atomic E-state index is 0.0616. The van der Waals surface area contributed by atoms with Crippen molar-refractivity contribution in [3.63, 3.8) is 0 Å². The average molecular weight is 282 g/mol. The van der Waals surface area contributed by atoms with E-state index >= 15 is 0 Å². The van der Waals surface area contributed by atoms with Crippen molar-refractivity contribution in [2.45, 2.75) is 32.2 Å². The summed E-state index contributed by atoms with van der Waals surface area (Å²) in [4.78, 5) is 33.7. The van der Waals surface area contributed by atoms with Crippen molar-refractivity contribution in [3.8, 4) is 0 Å². The molecule has 1 fully saturated rings. The van der Waals surface area contributed by atoms with Crippen LogP contribution in [0.2, 0.25) is 0 Å². The minimum atomic E-state index is -1.18. The number of carbonyl (C=O) groups is 3. The van der Waals surface area contributed by atoms with Gasteiger partial charge in [0.1, 0.15) is 6.54 Å². The van der Waals surface area contributed by atoms with E-state index in [1.165, 1.54) is 4.68 Å². The molecule has 2 rings (SSSR count). The molecule has 2 N–H and O–H groups in total. The third-order valence-corrected chi connectivity index (χ3v) is 2.75. The Bertz CT molecular complexity index is 549. The smallest absolute Gasteiger partial charge is 0.413 e. The maximum atomic E-state index is 11.6. The molecule has 0 saturated heterocycles. The van der Waals surface area contributed by atoms with Gasteiger partial charge >= 0.3 is 12.1 Å². The summed E-state index contributed by atoms with van der Waals surface area (Å²) in [6.45, 7) is 1.50. The van der Waals surface area contributed by atoms with Gasteiger partial charge in [-0.1, -0.05) is 5.21 Å². The Kier molecular flexibility index (Phi) is 3.97. The normalized spacial score (nSPS) is 13.8. The average Bonchev–Trinajstić information content (AvgIpc) is 3.10. The highest BCUT2D eigenvalue weighted by molar-refractivity contribution is 5.92. The summed E-state index contributed by atoms with van der Waals surface area (Å²) >= 11 is 0. The molecule has 1 saturated carbocycles. The second kappa shape index (κ2) is 5.68. The largest absolute Gasteiger partial charge is 0.476 e. The van der Waals surface area contributed by atoms with Crippen LogP contribution < -0.4 is 5.32 Å². The predicted octanol–water partition coefficient (Wildman–Crippen LogP) is 0.126. The van der Waals surface area contributed by atoms with Gasteiger partial charge in [-0.25, -0.2) is 14.3 Å². The Morgan fingerprint density at radius 3 is 2.70 bits per heavy atom. The second-order valence-electron chi connectivity index (χ2n) is 4.33. The zero-order valence-corrected chi connectivity index (χ0v) is 10.8. The lowest BCUT2D eigenvalue weighted by molar-refractivity contribution is -0.121. The van der Waals surface area contributed by atoms with Crippen LogP contribution >= 0.6 is 0 Å². The first-order chi connectivity index (χ1) is 9.52. The maximum Gasteiger partial charge on any atom is 0.413 e. The number of carboxylic acids is 1. The van der Waals surface area contributed by atoms with Gasteiger partial charge in [-0.05, 0) is 19.8 Å². The molecule has 1 aromatic heterocycles. The molecule has 0 radical (unpaired) electrons. The van der Waals surface area contributed by atoms with Crippen molar-refractivity contribution in [2.75, 3.05) is 6.61 Å². The number of amides is 2.